The Morgan fingerprint density at radius 1 is 1.05 bits per heavy atom. The van der Waals surface area contributed by atoms with Crippen LogP contribution in [0.15, 0.2) is 18.2 Å². The molecule has 0 aromatic heterocycles. The number of benzene rings is 1. The Labute approximate surface area is 122 Å². The van der Waals surface area contributed by atoms with Gasteiger partial charge < -0.3 is 10.6 Å². The number of nitrogens with two attached hydrogens (primary N) is 1. The summed E-state index contributed by atoms with van der Waals surface area (Å²) >= 11 is 0. The third-order valence-electron chi connectivity index (χ3n) is 3.82. The van der Waals surface area contributed by atoms with Crippen molar-refractivity contribution in [2.75, 3.05) is 18.0 Å². The molecule has 0 unspecified atom stereocenters. The number of halogens is 3. The number of hydrogen-bond donors (Lipinski definition) is 2. The maximum absolute atomic E-state index is 12.9. The molecular weight excluding hydrogens is 279 g/mol. The maximum Gasteiger partial charge on any atom is 0.417 e. The maximum atomic E-state index is 12.9. The molecule has 0 spiro atoms. The van der Waals surface area contributed by atoms with Crippen LogP contribution in [0, 0.1) is 5.41 Å². The summed E-state index contributed by atoms with van der Waals surface area (Å²) in [6.07, 6.45) is 1.11. The quantitative estimate of drug-likeness (QED) is 0.645. The van der Waals surface area contributed by atoms with Gasteiger partial charge in [0.2, 0.25) is 0 Å². The molecule has 1 aromatic rings. The lowest BCUT2D eigenvalue weighted by Gasteiger charge is -2.28. The lowest BCUT2D eigenvalue weighted by Crippen LogP contribution is -2.28. The number of rotatable bonds is 2. The summed E-state index contributed by atoms with van der Waals surface area (Å²) in [7, 11) is 0. The van der Waals surface area contributed by atoms with Crippen LogP contribution >= 0.6 is 0 Å². The largest absolute Gasteiger partial charge is 0.417 e. The molecule has 116 valence electrons. The van der Waals surface area contributed by atoms with Crippen molar-refractivity contribution >= 4 is 11.5 Å². The minimum atomic E-state index is -4.49. The molecule has 0 aliphatic carbocycles. The first-order valence-corrected chi connectivity index (χ1v) is 7.20. The molecule has 0 saturated carbocycles. The van der Waals surface area contributed by atoms with Crippen molar-refractivity contribution in [1.29, 1.82) is 5.41 Å². The smallest absolute Gasteiger partial charge is 0.384 e. The zero-order chi connectivity index (χ0) is 15.5. The summed E-state index contributed by atoms with van der Waals surface area (Å²) < 4.78 is 38.8. The van der Waals surface area contributed by atoms with Gasteiger partial charge in [0.05, 0.1) is 5.56 Å². The Balaban J connectivity index is 2.32. The molecule has 6 heteroatoms. The van der Waals surface area contributed by atoms with Gasteiger partial charge in [-0.2, -0.15) is 13.2 Å². The van der Waals surface area contributed by atoms with Crippen molar-refractivity contribution in [2.45, 2.75) is 38.3 Å². The summed E-state index contributed by atoms with van der Waals surface area (Å²) in [4.78, 5) is 2.09. The van der Waals surface area contributed by atoms with Crippen LogP contribution in [0.2, 0.25) is 0 Å². The summed E-state index contributed by atoms with van der Waals surface area (Å²) in [5.74, 6) is -0.545. The molecule has 1 aromatic carbocycles. The van der Waals surface area contributed by atoms with E-state index < -0.39 is 17.6 Å². The van der Waals surface area contributed by atoms with E-state index in [1.807, 2.05) is 0 Å². The zero-order valence-corrected chi connectivity index (χ0v) is 11.8. The molecule has 2 rings (SSSR count). The van der Waals surface area contributed by atoms with Gasteiger partial charge in [-0.25, -0.2) is 0 Å². The van der Waals surface area contributed by atoms with Crippen molar-refractivity contribution in [1.82, 2.24) is 0 Å². The molecule has 0 amide bonds. The van der Waals surface area contributed by atoms with E-state index in [-0.39, 0.29) is 5.56 Å². The summed E-state index contributed by atoms with van der Waals surface area (Å²) in [6.45, 7) is 1.67. The second-order valence-corrected chi connectivity index (χ2v) is 5.40. The number of amidine groups is 1. The van der Waals surface area contributed by atoms with Crippen LogP contribution in [0.3, 0.4) is 0 Å². The van der Waals surface area contributed by atoms with Crippen molar-refractivity contribution in [3.05, 3.63) is 29.3 Å². The summed E-state index contributed by atoms with van der Waals surface area (Å²) in [5, 5.41) is 7.40. The SMILES string of the molecule is N=C(N)c1cc(N2CCCCCCC2)ccc1C(F)(F)F. The first kappa shape index (κ1) is 15.7. The van der Waals surface area contributed by atoms with E-state index in [0.29, 0.717) is 0 Å². The fourth-order valence-corrected chi connectivity index (χ4v) is 2.70. The van der Waals surface area contributed by atoms with E-state index in [4.69, 9.17) is 11.1 Å². The molecule has 0 bridgehead atoms. The van der Waals surface area contributed by atoms with E-state index in [9.17, 15) is 13.2 Å². The van der Waals surface area contributed by atoms with E-state index >= 15 is 0 Å². The van der Waals surface area contributed by atoms with Gasteiger partial charge in [-0.15, -0.1) is 0 Å². The van der Waals surface area contributed by atoms with Crippen molar-refractivity contribution in [2.24, 2.45) is 5.73 Å². The second kappa shape index (κ2) is 6.37. The number of nitrogens with zero attached hydrogens (tertiary/aromatic N) is 1. The number of nitrogens with one attached hydrogen (secondary N) is 1. The molecule has 1 heterocycles. The van der Waals surface area contributed by atoms with Crippen LogP contribution in [0.25, 0.3) is 0 Å². The van der Waals surface area contributed by atoms with Crippen molar-refractivity contribution in [3.63, 3.8) is 0 Å². The van der Waals surface area contributed by atoms with Crippen LogP contribution in [0.5, 0.6) is 0 Å². The highest BCUT2D eigenvalue weighted by Gasteiger charge is 2.34. The Morgan fingerprint density at radius 3 is 2.14 bits per heavy atom. The van der Waals surface area contributed by atoms with Gasteiger partial charge in [0.25, 0.3) is 0 Å². The van der Waals surface area contributed by atoms with E-state index in [0.717, 1.165) is 50.5 Å². The number of hydrogen-bond acceptors (Lipinski definition) is 2. The number of anilines is 1. The van der Waals surface area contributed by atoms with E-state index in [1.165, 1.54) is 18.6 Å². The lowest BCUT2D eigenvalue weighted by atomic mass is 10.0. The first-order valence-electron chi connectivity index (χ1n) is 7.20. The number of nitrogen functional groups attached to an aromatic ring is 1. The Hall–Kier alpha value is -1.72. The third-order valence-corrected chi connectivity index (χ3v) is 3.82. The second-order valence-electron chi connectivity index (χ2n) is 5.40. The van der Waals surface area contributed by atoms with Gasteiger partial charge >= 0.3 is 6.18 Å². The average Bonchev–Trinajstić information content (AvgIpc) is 2.36. The summed E-state index contributed by atoms with van der Waals surface area (Å²) in [5.41, 5.74) is 4.97. The Morgan fingerprint density at radius 2 is 1.62 bits per heavy atom. The molecule has 1 aliphatic rings. The normalized spacial score (nSPS) is 17.2. The summed E-state index contributed by atoms with van der Waals surface area (Å²) in [6, 6.07) is 3.91. The lowest BCUT2D eigenvalue weighted by molar-refractivity contribution is -0.137. The fourth-order valence-electron chi connectivity index (χ4n) is 2.70. The molecule has 1 fully saturated rings. The van der Waals surface area contributed by atoms with Crippen molar-refractivity contribution < 1.29 is 13.2 Å². The van der Waals surface area contributed by atoms with Gasteiger partial charge in [0, 0.05) is 24.3 Å². The van der Waals surface area contributed by atoms with Gasteiger partial charge in [0.15, 0.2) is 0 Å². The minimum absolute atomic E-state index is 0.234. The zero-order valence-electron chi connectivity index (χ0n) is 11.8. The van der Waals surface area contributed by atoms with Crippen LogP contribution < -0.4 is 10.6 Å². The van der Waals surface area contributed by atoms with Crippen LogP contribution in [-0.2, 0) is 6.18 Å². The Kier molecular flexibility index (Phi) is 4.75. The average molecular weight is 299 g/mol. The van der Waals surface area contributed by atoms with Crippen LogP contribution in [-0.4, -0.2) is 18.9 Å². The van der Waals surface area contributed by atoms with Gasteiger partial charge in [-0.1, -0.05) is 19.3 Å². The molecule has 3 N–H and O–H groups in total. The predicted octanol–water partition coefficient (Wildman–Crippen LogP) is 3.76. The first-order chi connectivity index (χ1) is 9.89. The third kappa shape index (κ3) is 3.89. The fraction of sp³-hybridized carbons (Fsp3) is 0.533. The minimum Gasteiger partial charge on any atom is -0.384 e. The van der Waals surface area contributed by atoms with Gasteiger partial charge in [-0.3, -0.25) is 5.41 Å². The highest BCUT2D eigenvalue weighted by molar-refractivity contribution is 5.97. The molecule has 0 atom stereocenters. The van der Waals surface area contributed by atoms with Crippen molar-refractivity contribution in [3.8, 4) is 0 Å². The molecule has 1 aliphatic heterocycles. The standard InChI is InChI=1S/C15H20F3N3/c16-15(17,18)13-7-6-11(10-12(13)14(19)20)21-8-4-2-1-3-5-9-21/h6-7,10H,1-5,8-9H2,(H3,19,20). The van der Waals surface area contributed by atoms with Gasteiger partial charge in [-0.05, 0) is 31.0 Å². The monoisotopic (exact) mass is 299 g/mol. The Bertz CT molecular complexity index is 503. The van der Waals surface area contributed by atoms with Crippen LogP contribution in [0.1, 0.15) is 43.2 Å². The highest BCUT2D eigenvalue weighted by atomic mass is 19.4. The highest BCUT2D eigenvalue weighted by Crippen LogP contribution is 2.34. The molecule has 1 saturated heterocycles. The number of alkyl halides is 3. The van der Waals surface area contributed by atoms with Crippen LogP contribution in [0.4, 0.5) is 18.9 Å². The molecule has 3 nitrogen and oxygen atoms in total. The van der Waals surface area contributed by atoms with E-state index in [2.05, 4.69) is 4.90 Å². The van der Waals surface area contributed by atoms with Gasteiger partial charge in [0.1, 0.15) is 5.84 Å². The molecular formula is C15H20F3N3. The molecule has 21 heavy (non-hydrogen) atoms. The molecule has 0 radical (unpaired) electrons. The topological polar surface area (TPSA) is 53.1 Å². The predicted molar refractivity (Wildman–Crippen MR) is 77.8 cm³/mol. The van der Waals surface area contributed by atoms with E-state index in [1.54, 1.807) is 0 Å².